The number of pyridine rings is 1. The maximum absolute atomic E-state index is 12.0. The van der Waals surface area contributed by atoms with Gasteiger partial charge >= 0.3 is 5.97 Å². The van der Waals surface area contributed by atoms with Gasteiger partial charge < -0.3 is 4.74 Å². The van der Waals surface area contributed by atoms with Crippen LogP contribution >= 0.6 is 0 Å². The van der Waals surface area contributed by atoms with Gasteiger partial charge in [0.25, 0.3) is 0 Å². The second-order valence-electron chi connectivity index (χ2n) is 4.07. The maximum atomic E-state index is 12.0. The molecule has 0 aliphatic rings. The molecular formula is C16H10NO2. The molecule has 0 saturated heterocycles. The third kappa shape index (κ3) is 2.45. The van der Waals surface area contributed by atoms with Crippen molar-refractivity contribution in [3.63, 3.8) is 0 Å². The number of benzene rings is 2. The van der Waals surface area contributed by atoms with E-state index in [0.29, 0.717) is 11.3 Å². The van der Waals surface area contributed by atoms with Crippen LogP contribution in [0.2, 0.25) is 0 Å². The van der Waals surface area contributed by atoms with Crippen LogP contribution in [-0.2, 0) is 0 Å². The van der Waals surface area contributed by atoms with Gasteiger partial charge in [0.2, 0.25) is 0 Å². The fourth-order valence-corrected chi connectivity index (χ4v) is 1.85. The van der Waals surface area contributed by atoms with Crippen LogP contribution < -0.4 is 4.74 Å². The maximum Gasteiger partial charge on any atom is 0.343 e. The van der Waals surface area contributed by atoms with E-state index in [2.05, 4.69) is 11.2 Å². The summed E-state index contributed by atoms with van der Waals surface area (Å²) in [5.74, 6) is 0.0238. The number of ether oxygens (including phenoxy) is 1. The zero-order valence-corrected chi connectivity index (χ0v) is 10.0. The zero-order valence-electron chi connectivity index (χ0n) is 10.0. The van der Waals surface area contributed by atoms with Crippen LogP contribution in [-0.4, -0.2) is 11.0 Å². The van der Waals surface area contributed by atoms with E-state index in [1.165, 1.54) is 6.20 Å². The van der Waals surface area contributed by atoms with Crippen LogP contribution in [0.1, 0.15) is 10.4 Å². The summed E-state index contributed by atoms with van der Waals surface area (Å²) in [6.45, 7) is 0. The van der Waals surface area contributed by atoms with Crippen LogP contribution in [0.3, 0.4) is 0 Å². The minimum Gasteiger partial charge on any atom is -0.421 e. The average molecular weight is 248 g/mol. The third-order valence-electron chi connectivity index (χ3n) is 2.78. The van der Waals surface area contributed by atoms with Crippen LogP contribution in [0, 0.1) is 6.20 Å². The van der Waals surface area contributed by atoms with Gasteiger partial charge in [-0.15, -0.1) is 0 Å². The number of aromatic nitrogens is 1. The Kier molecular flexibility index (Phi) is 2.94. The first-order valence-corrected chi connectivity index (χ1v) is 5.86. The Morgan fingerprint density at radius 3 is 2.68 bits per heavy atom. The van der Waals surface area contributed by atoms with Crippen LogP contribution in [0.25, 0.3) is 10.8 Å². The highest BCUT2D eigenvalue weighted by Crippen LogP contribution is 2.17. The Hall–Kier alpha value is -2.68. The van der Waals surface area contributed by atoms with Crippen molar-refractivity contribution in [2.24, 2.45) is 0 Å². The summed E-state index contributed by atoms with van der Waals surface area (Å²) in [5.41, 5.74) is 0.520. The van der Waals surface area contributed by atoms with Gasteiger partial charge in [-0.2, -0.15) is 0 Å². The lowest BCUT2D eigenvalue weighted by Gasteiger charge is -2.04. The van der Waals surface area contributed by atoms with E-state index < -0.39 is 5.97 Å². The summed E-state index contributed by atoms with van der Waals surface area (Å²) >= 11 is 0. The molecule has 3 heteroatoms. The minimum atomic E-state index is -0.390. The summed E-state index contributed by atoms with van der Waals surface area (Å²) in [6, 6.07) is 16.6. The van der Waals surface area contributed by atoms with Gasteiger partial charge in [-0.3, -0.25) is 4.98 Å². The molecule has 3 aromatic rings. The highest BCUT2D eigenvalue weighted by Gasteiger charge is 2.09. The average Bonchev–Trinajstić information content (AvgIpc) is 2.48. The second-order valence-corrected chi connectivity index (χ2v) is 4.07. The standard InChI is InChI=1S/C16H10NO2/c18-16(19-15-6-3-9-17-11-15)14-8-7-12-4-1-2-5-13(12)10-14/h1-8,10-11H. The molecule has 3 rings (SSSR count). The van der Waals surface area contributed by atoms with E-state index in [-0.39, 0.29) is 0 Å². The number of hydrogen-bond donors (Lipinski definition) is 0. The molecule has 3 nitrogen and oxygen atoms in total. The lowest BCUT2D eigenvalue weighted by atomic mass is 10.1. The highest BCUT2D eigenvalue weighted by atomic mass is 16.5. The molecule has 2 aromatic carbocycles. The topological polar surface area (TPSA) is 39.2 Å². The van der Waals surface area contributed by atoms with Crippen molar-refractivity contribution in [3.8, 4) is 5.75 Å². The predicted octanol–water partition coefficient (Wildman–Crippen LogP) is 3.25. The fourth-order valence-electron chi connectivity index (χ4n) is 1.85. The van der Waals surface area contributed by atoms with Crippen molar-refractivity contribution in [3.05, 3.63) is 72.6 Å². The number of rotatable bonds is 2. The van der Waals surface area contributed by atoms with Crippen LogP contribution in [0.4, 0.5) is 0 Å². The Labute approximate surface area is 110 Å². The van der Waals surface area contributed by atoms with E-state index in [0.717, 1.165) is 10.8 Å². The lowest BCUT2D eigenvalue weighted by molar-refractivity contribution is 0.0734. The summed E-state index contributed by atoms with van der Waals surface area (Å²) in [6.07, 6.45) is 4.09. The molecule has 0 saturated carbocycles. The summed E-state index contributed by atoms with van der Waals surface area (Å²) in [7, 11) is 0. The monoisotopic (exact) mass is 248 g/mol. The molecule has 0 spiro atoms. The summed E-state index contributed by atoms with van der Waals surface area (Å²) in [4.78, 5) is 15.8. The molecule has 0 aliphatic heterocycles. The molecule has 0 fully saturated rings. The number of carbonyl (C=O) groups is 1. The quantitative estimate of drug-likeness (QED) is 0.653. The van der Waals surface area contributed by atoms with E-state index in [4.69, 9.17) is 4.74 Å². The Balaban J connectivity index is 1.89. The van der Waals surface area contributed by atoms with Gasteiger partial charge in [0.15, 0.2) is 0 Å². The largest absolute Gasteiger partial charge is 0.421 e. The van der Waals surface area contributed by atoms with Crippen molar-refractivity contribution in [1.29, 1.82) is 0 Å². The van der Waals surface area contributed by atoms with Crippen LogP contribution in [0.15, 0.2) is 60.8 Å². The number of carbonyl (C=O) groups excluding carboxylic acids is 1. The fraction of sp³-hybridized carbons (Fsp3) is 0. The second kappa shape index (κ2) is 4.90. The van der Waals surface area contributed by atoms with Crippen molar-refractivity contribution < 1.29 is 9.53 Å². The predicted molar refractivity (Wildman–Crippen MR) is 72.0 cm³/mol. The molecule has 1 aromatic heterocycles. The van der Waals surface area contributed by atoms with Crippen molar-refractivity contribution >= 4 is 16.7 Å². The molecule has 0 N–H and O–H groups in total. The molecule has 0 atom stereocenters. The van der Waals surface area contributed by atoms with E-state index >= 15 is 0 Å². The molecule has 19 heavy (non-hydrogen) atoms. The van der Waals surface area contributed by atoms with Gasteiger partial charge in [0.05, 0.1) is 18.0 Å². The van der Waals surface area contributed by atoms with E-state index in [1.54, 1.807) is 18.2 Å². The first-order valence-electron chi connectivity index (χ1n) is 5.86. The van der Waals surface area contributed by atoms with Gasteiger partial charge in [-0.25, -0.2) is 4.79 Å². The van der Waals surface area contributed by atoms with Crippen molar-refractivity contribution in [2.45, 2.75) is 0 Å². The minimum absolute atomic E-state index is 0.390. The van der Waals surface area contributed by atoms with E-state index in [9.17, 15) is 4.79 Å². The molecular weight excluding hydrogens is 238 g/mol. The van der Waals surface area contributed by atoms with E-state index in [1.807, 2.05) is 36.4 Å². The van der Waals surface area contributed by atoms with Gasteiger partial charge in [0, 0.05) is 0 Å². The number of nitrogens with zero attached hydrogens (tertiary/aromatic N) is 1. The normalized spacial score (nSPS) is 10.3. The number of fused-ring (bicyclic) bond motifs is 1. The van der Waals surface area contributed by atoms with Crippen molar-refractivity contribution in [2.75, 3.05) is 0 Å². The molecule has 1 radical (unpaired) electrons. The Bertz CT molecular complexity index is 723. The smallest absolute Gasteiger partial charge is 0.343 e. The Morgan fingerprint density at radius 1 is 1.05 bits per heavy atom. The Morgan fingerprint density at radius 2 is 1.89 bits per heavy atom. The highest BCUT2D eigenvalue weighted by molar-refractivity contribution is 5.96. The number of hydrogen-bond acceptors (Lipinski definition) is 3. The van der Waals surface area contributed by atoms with Crippen LogP contribution in [0.5, 0.6) is 5.75 Å². The molecule has 91 valence electrons. The molecule has 0 amide bonds. The third-order valence-corrected chi connectivity index (χ3v) is 2.78. The molecule has 0 aliphatic carbocycles. The van der Waals surface area contributed by atoms with Gasteiger partial charge in [0.1, 0.15) is 5.75 Å². The summed E-state index contributed by atoms with van der Waals surface area (Å²) < 4.78 is 5.23. The molecule has 0 bridgehead atoms. The zero-order chi connectivity index (χ0) is 13.1. The first kappa shape index (κ1) is 11.4. The van der Waals surface area contributed by atoms with Crippen molar-refractivity contribution in [1.82, 2.24) is 4.98 Å². The molecule has 0 unspecified atom stereocenters. The SMILES string of the molecule is O=C(Oc1cc[c]nc1)c1ccc2ccccc2c1. The van der Waals surface area contributed by atoms with Gasteiger partial charge in [-0.05, 0) is 35.0 Å². The number of esters is 1. The van der Waals surface area contributed by atoms with Gasteiger partial charge in [-0.1, -0.05) is 30.3 Å². The first-order chi connectivity index (χ1) is 9.33. The summed E-state index contributed by atoms with van der Waals surface area (Å²) in [5, 5.41) is 2.10. The lowest BCUT2D eigenvalue weighted by Crippen LogP contribution is -2.08. The molecule has 1 heterocycles.